The molecular formula is C9H14F3NO2. The van der Waals surface area contributed by atoms with Crippen LogP contribution in [0.1, 0.15) is 19.3 Å². The first-order valence-corrected chi connectivity index (χ1v) is 5.14. The molecule has 15 heavy (non-hydrogen) atoms. The zero-order valence-electron chi connectivity index (χ0n) is 8.22. The molecule has 2 aliphatic rings. The summed E-state index contributed by atoms with van der Waals surface area (Å²) in [6.45, 7) is -0.117. The average Bonchev–Trinajstić information content (AvgIpc) is 2.71. The predicted octanol–water partition coefficient (Wildman–Crippen LogP) is 1.43. The molecule has 2 bridgehead atoms. The van der Waals surface area contributed by atoms with Gasteiger partial charge in [-0.25, -0.2) is 0 Å². The minimum absolute atomic E-state index is 0.195. The van der Waals surface area contributed by atoms with E-state index >= 15 is 0 Å². The number of halogens is 3. The molecule has 0 aliphatic carbocycles. The summed E-state index contributed by atoms with van der Waals surface area (Å²) in [4.78, 5) is 0. The van der Waals surface area contributed by atoms with Crippen molar-refractivity contribution in [1.82, 2.24) is 5.32 Å². The zero-order valence-corrected chi connectivity index (χ0v) is 8.22. The number of rotatable bonds is 4. The number of nitrogens with one attached hydrogen (secondary N) is 1. The second-order valence-corrected chi connectivity index (χ2v) is 3.96. The first kappa shape index (κ1) is 11.2. The summed E-state index contributed by atoms with van der Waals surface area (Å²) in [6.07, 6.45) is -0.995. The molecule has 0 aromatic heterocycles. The van der Waals surface area contributed by atoms with Crippen molar-refractivity contribution in [3.63, 3.8) is 0 Å². The molecule has 0 radical (unpaired) electrons. The predicted molar refractivity (Wildman–Crippen MR) is 46.3 cm³/mol. The van der Waals surface area contributed by atoms with Crippen molar-refractivity contribution in [2.45, 2.75) is 43.9 Å². The molecule has 0 saturated carbocycles. The van der Waals surface area contributed by atoms with Crippen LogP contribution in [0.15, 0.2) is 0 Å². The van der Waals surface area contributed by atoms with Crippen LogP contribution in [-0.4, -0.2) is 37.8 Å². The lowest BCUT2D eigenvalue weighted by Gasteiger charge is -2.20. The third kappa shape index (κ3) is 3.06. The minimum atomic E-state index is -4.52. The maximum Gasteiger partial charge on any atom is 0.522 e. The highest BCUT2D eigenvalue weighted by Gasteiger charge is 2.40. The highest BCUT2D eigenvalue weighted by molar-refractivity contribution is 4.93. The van der Waals surface area contributed by atoms with Gasteiger partial charge < -0.3 is 10.1 Å². The Balaban J connectivity index is 1.59. The molecule has 1 N–H and O–H groups in total. The fourth-order valence-corrected chi connectivity index (χ4v) is 2.26. The van der Waals surface area contributed by atoms with Gasteiger partial charge in [-0.15, -0.1) is 13.2 Å². The molecule has 6 heteroatoms. The van der Waals surface area contributed by atoms with E-state index in [0.717, 1.165) is 19.3 Å². The van der Waals surface area contributed by atoms with Crippen LogP contribution >= 0.6 is 0 Å². The Kier molecular flexibility index (Phi) is 3.18. The van der Waals surface area contributed by atoms with E-state index in [9.17, 15) is 13.2 Å². The standard InChI is InChI=1S/C9H14F3NO2/c10-9(11,12)14-4-3-13-7-5-6-1-2-8(7)15-6/h6-8,13H,1-5H2. The summed E-state index contributed by atoms with van der Waals surface area (Å²) < 4.78 is 44.1. The molecule has 2 fully saturated rings. The Labute approximate surface area is 85.9 Å². The first-order chi connectivity index (χ1) is 7.04. The molecule has 0 aromatic rings. The van der Waals surface area contributed by atoms with Crippen molar-refractivity contribution >= 4 is 0 Å². The molecule has 2 heterocycles. The van der Waals surface area contributed by atoms with E-state index in [0.29, 0.717) is 6.10 Å². The summed E-state index contributed by atoms with van der Waals surface area (Å²) in [7, 11) is 0. The van der Waals surface area contributed by atoms with Gasteiger partial charge in [-0.1, -0.05) is 0 Å². The number of alkyl halides is 3. The van der Waals surface area contributed by atoms with Crippen LogP contribution in [0.4, 0.5) is 13.2 Å². The van der Waals surface area contributed by atoms with E-state index < -0.39 is 6.36 Å². The second-order valence-electron chi connectivity index (χ2n) is 3.96. The molecule has 0 amide bonds. The fraction of sp³-hybridized carbons (Fsp3) is 1.00. The van der Waals surface area contributed by atoms with Crippen LogP contribution in [0.2, 0.25) is 0 Å². The summed E-state index contributed by atoms with van der Waals surface area (Å²) in [5.74, 6) is 0. The van der Waals surface area contributed by atoms with E-state index in [-0.39, 0.29) is 25.3 Å². The topological polar surface area (TPSA) is 30.5 Å². The van der Waals surface area contributed by atoms with Gasteiger partial charge in [-0.3, -0.25) is 4.74 Å². The van der Waals surface area contributed by atoms with Gasteiger partial charge >= 0.3 is 6.36 Å². The van der Waals surface area contributed by atoms with Gasteiger partial charge in [0.05, 0.1) is 18.8 Å². The van der Waals surface area contributed by atoms with Gasteiger partial charge in [0.15, 0.2) is 0 Å². The van der Waals surface area contributed by atoms with Crippen LogP contribution in [-0.2, 0) is 9.47 Å². The largest absolute Gasteiger partial charge is 0.522 e. The maximum atomic E-state index is 11.6. The molecule has 0 spiro atoms. The number of hydrogen-bond acceptors (Lipinski definition) is 3. The highest BCUT2D eigenvalue weighted by Crippen LogP contribution is 2.34. The van der Waals surface area contributed by atoms with Crippen molar-refractivity contribution in [3.05, 3.63) is 0 Å². The molecule has 88 valence electrons. The summed E-state index contributed by atoms with van der Waals surface area (Å²) in [5.41, 5.74) is 0. The second kappa shape index (κ2) is 4.27. The van der Waals surface area contributed by atoms with Crippen molar-refractivity contribution in [2.75, 3.05) is 13.2 Å². The van der Waals surface area contributed by atoms with Gasteiger partial charge in [-0.05, 0) is 19.3 Å². The molecule has 3 unspecified atom stereocenters. The summed E-state index contributed by atoms with van der Waals surface area (Å²) in [6, 6.07) is 0.209. The Morgan fingerprint density at radius 1 is 1.33 bits per heavy atom. The van der Waals surface area contributed by atoms with E-state index in [1.807, 2.05) is 0 Å². The van der Waals surface area contributed by atoms with E-state index in [1.54, 1.807) is 0 Å². The summed E-state index contributed by atoms with van der Waals surface area (Å²) >= 11 is 0. The van der Waals surface area contributed by atoms with E-state index in [1.165, 1.54) is 0 Å². The minimum Gasteiger partial charge on any atom is -0.373 e. The third-order valence-corrected chi connectivity index (χ3v) is 2.88. The van der Waals surface area contributed by atoms with Crippen LogP contribution in [0, 0.1) is 0 Å². The first-order valence-electron chi connectivity index (χ1n) is 5.14. The van der Waals surface area contributed by atoms with Crippen LogP contribution in [0.5, 0.6) is 0 Å². The van der Waals surface area contributed by atoms with Gasteiger partial charge in [0.25, 0.3) is 0 Å². The monoisotopic (exact) mass is 225 g/mol. The van der Waals surface area contributed by atoms with Crippen molar-refractivity contribution in [2.24, 2.45) is 0 Å². The van der Waals surface area contributed by atoms with Crippen molar-refractivity contribution in [3.8, 4) is 0 Å². The van der Waals surface area contributed by atoms with Crippen LogP contribution < -0.4 is 5.32 Å². The number of ether oxygens (including phenoxy) is 2. The third-order valence-electron chi connectivity index (χ3n) is 2.88. The fourth-order valence-electron chi connectivity index (χ4n) is 2.26. The van der Waals surface area contributed by atoms with Crippen molar-refractivity contribution in [1.29, 1.82) is 0 Å². The quantitative estimate of drug-likeness (QED) is 0.734. The SMILES string of the molecule is FC(F)(F)OCCNC1CC2CCC1O2. The number of fused-ring (bicyclic) bond motifs is 2. The highest BCUT2D eigenvalue weighted by atomic mass is 19.4. The average molecular weight is 225 g/mol. The van der Waals surface area contributed by atoms with Gasteiger partial charge in [0.1, 0.15) is 0 Å². The smallest absolute Gasteiger partial charge is 0.373 e. The molecular weight excluding hydrogens is 211 g/mol. The molecule has 0 aromatic carbocycles. The normalized spacial score (nSPS) is 35.0. The van der Waals surface area contributed by atoms with Crippen LogP contribution in [0.3, 0.4) is 0 Å². The van der Waals surface area contributed by atoms with Gasteiger partial charge in [0.2, 0.25) is 0 Å². The Morgan fingerprint density at radius 2 is 2.13 bits per heavy atom. The lowest BCUT2D eigenvalue weighted by Crippen LogP contribution is -2.39. The lowest BCUT2D eigenvalue weighted by molar-refractivity contribution is -0.323. The van der Waals surface area contributed by atoms with Gasteiger partial charge in [0, 0.05) is 12.6 Å². The lowest BCUT2D eigenvalue weighted by atomic mass is 9.96. The van der Waals surface area contributed by atoms with Crippen LogP contribution in [0.25, 0.3) is 0 Å². The Bertz CT molecular complexity index is 222. The Morgan fingerprint density at radius 3 is 2.67 bits per heavy atom. The summed E-state index contributed by atoms with van der Waals surface area (Å²) in [5, 5.41) is 3.04. The van der Waals surface area contributed by atoms with E-state index in [2.05, 4.69) is 10.1 Å². The van der Waals surface area contributed by atoms with Crippen molar-refractivity contribution < 1.29 is 22.6 Å². The molecule has 2 aliphatic heterocycles. The maximum absolute atomic E-state index is 11.6. The Hall–Kier alpha value is -0.330. The molecule has 2 saturated heterocycles. The number of hydrogen-bond donors (Lipinski definition) is 1. The molecule has 3 atom stereocenters. The zero-order chi connectivity index (χ0) is 10.9. The van der Waals surface area contributed by atoms with E-state index in [4.69, 9.17) is 4.74 Å². The molecule has 3 nitrogen and oxygen atoms in total. The van der Waals surface area contributed by atoms with Gasteiger partial charge in [-0.2, -0.15) is 0 Å². The molecule has 2 rings (SSSR count).